The van der Waals surface area contributed by atoms with E-state index in [2.05, 4.69) is 16.6 Å². The summed E-state index contributed by atoms with van der Waals surface area (Å²) in [5, 5.41) is 24.0. The van der Waals surface area contributed by atoms with E-state index in [9.17, 15) is 28.3 Å². The van der Waals surface area contributed by atoms with Crippen LogP contribution in [0.15, 0.2) is 18.2 Å². The van der Waals surface area contributed by atoms with Crippen LogP contribution in [0.1, 0.15) is 31.3 Å². The second-order valence-corrected chi connectivity index (χ2v) is 8.80. The first-order valence-corrected chi connectivity index (χ1v) is 12.8. The van der Waals surface area contributed by atoms with Crippen LogP contribution in [-0.4, -0.2) is 98.7 Å². The number of aliphatic hydroxyl groups is 1. The Labute approximate surface area is 235 Å². The number of carbonyl (C=O) groups is 3. The smallest absolute Gasteiger partial charge is 0.333 e. The van der Waals surface area contributed by atoms with Crippen LogP contribution >= 0.6 is 0 Å². The number of terminal acetylenes is 1. The van der Waals surface area contributed by atoms with Crippen LogP contribution in [0.3, 0.4) is 0 Å². The van der Waals surface area contributed by atoms with Crippen molar-refractivity contribution in [3.8, 4) is 18.1 Å². The first-order chi connectivity index (χ1) is 19.6. The number of nitrogens with two attached hydrogens (primary N) is 1. The highest BCUT2D eigenvalue weighted by Crippen LogP contribution is 2.34. The van der Waals surface area contributed by atoms with E-state index in [0.717, 1.165) is 12.1 Å². The number of amides is 2. The van der Waals surface area contributed by atoms with Crippen molar-refractivity contribution in [3.05, 3.63) is 23.8 Å². The third-order valence-corrected chi connectivity index (χ3v) is 5.58. The fraction of sp³-hybridized carbons (Fsp3) is 0.577. The van der Waals surface area contributed by atoms with Gasteiger partial charge in [0.1, 0.15) is 25.0 Å². The standard InChI is InChI=1S/C26H35F2N3O10/c1-2-7-37-8-9-38-10-11-39-15-22(33)31-19(5-6-29)25(34)30-16-3-4-20(18(12-16)24(27)28)40-23-14-17(32)13-21(41-23)26(35)36/h1,3-4,12,17,19,21,23-24,32H,5-11,13-15,29H2,(H,30,34)(H,31,33)(H,35,36). The monoisotopic (exact) mass is 587 g/mol. The van der Waals surface area contributed by atoms with Crippen LogP contribution < -0.4 is 21.1 Å². The Balaban J connectivity index is 1.91. The number of aliphatic hydroxyl groups excluding tert-OH is 1. The molecule has 1 aromatic carbocycles. The van der Waals surface area contributed by atoms with E-state index in [0.29, 0.717) is 13.2 Å². The first-order valence-electron chi connectivity index (χ1n) is 12.8. The van der Waals surface area contributed by atoms with Crippen molar-refractivity contribution in [2.45, 2.75) is 50.2 Å². The van der Waals surface area contributed by atoms with E-state index in [-0.39, 0.29) is 63.7 Å². The maximum absolute atomic E-state index is 13.8. The number of alkyl halides is 2. The van der Waals surface area contributed by atoms with Crippen LogP contribution in [0.25, 0.3) is 0 Å². The molecule has 1 aliphatic rings. The Hall–Kier alpha value is -3.39. The van der Waals surface area contributed by atoms with E-state index < -0.39 is 54.3 Å². The number of hydrogen-bond donors (Lipinski definition) is 5. The highest BCUT2D eigenvalue weighted by atomic mass is 19.3. The molecule has 2 rings (SSSR count). The Kier molecular flexibility index (Phi) is 14.9. The maximum Gasteiger partial charge on any atom is 0.333 e. The van der Waals surface area contributed by atoms with Gasteiger partial charge >= 0.3 is 5.97 Å². The minimum Gasteiger partial charge on any atom is -0.479 e. The molecule has 1 aliphatic heterocycles. The molecule has 1 aromatic rings. The molecule has 228 valence electrons. The normalized spacial score (nSPS) is 19.3. The van der Waals surface area contributed by atoms with Gasteiger partial charge in [0.15, 0.2) is 6.10 Å². The number of aliphatic carboxylic acids is 1. The fourth-order valence-corrected chi connectivity index (χ4v) is 3.67. The lowest BCUT2D eigenvalue weighted by atomic mass is 10.1. The zero-order valence-corrected chi connectivity index (χ0v) is 22.3. The van der Waals surface area contributed by atoms with Gasteiger partial charge < -0.3 is 50.3 Å². The lowest BCUT2D eigenvalue weighted by Gasteiger charge is -2.31. The number of hydrogen-bond acceptors (Lipinski definition) is 10. The van der Waals surface area contributed by atoms with Crippen molar-refractivity contribution >= 4 is 23.5 Å². The molecule has 1 saturated heterocycles. The van der Waals surface area contributed by atoms with Gasteiger partial charge in [-0.05, 0) is 31.2 Å². The van der Waals surface area contributed by atoms with E-state index in [1.807, 2.05) is 0 Å². The van der Waals surface area contributed by atoms with Crippen LogP contribution in [0, 0.1) is 12.3 Å². The molecule has 0 saturated carbocycles. The van der Waals surface area contributed by atoms with Crippen LogP contribution in [0.5, 0.6) is 5.75 Å². The van der Waals surface area contributed by atoms with Gasteiger partial charge in [0.05, 0.1) is 38.1 Å². The molecule has 4 unspecified atom stereocenters. The van der Waals surface area contributed by atoms with Crippen molar-refractivity contribution in [1.29, 1.82) is 0 Å². The number of carboxylic acid groups (broad SMARTS) is 1. The average molecular weight is 588 g/mol. The molecule has 2 amide bonds. The predicted octanol–water partition coefficient (Wildman–Crippen LogP) is 0.409. The molecule has 0 bridgehead atoms. The predicted molar refractivity (Wildman–Crippen MR) is 139 cm³/mol. The summed E-state index contributed by atoms with van der Waals surface area (Å²) in [6.45, 7) is 0.827. The molecule has 4 atom stereocenters. The number of anilines is 1. The summed E-state index contributed by atoms with van der Waals surface area (Å²) in [6, 6.07) is 2.35. The summed E-state index contributed by atoms with van der Waals surface area (Å²) in [4.78, 5) is 36.2. The lowest BCUT2D eigenvalue weighted by molar-refractivity contribution is -0.195. The van der Waals surface area contributed by atoms with E-state index in [1.54, 1.807) is 0 Å². The number of benzene rings is 1. The maximum atomic E-state index is 13.8. The second-order valence-electron chi connectivity index (χ2n) is 8.80. The lowest BCUT2D eigenvalue weighted by Crippen LogP contribution is -2.46. The minimum absolute atomic E-state index is 0.0125. The van der Waals surface area contributed by atoms with E-state index in [4.69, 9.17) is 40.9 Å². The molecule has 0 radical (unpaired) electrons. The molecular formula is C26H35F2N3O10. The molecule has 6 N–H and O–H groups in total. The molecule has 1 heterocycles. The van der Waals surface area contributed by atoms with E-state index >= 15 is 0 Å². The summed E-state index contributed by atoms with van der Waals surface area (Å²) in [7, 11) is 0. The van der Waals surface area contributed by atoms with Gasteiger partial charge in [-0.25, -0.2) is 13.6 Å². The Morgan fingerprint density at radius 1 is 1.15 bits per heavy atom. The van der Waals surface area contributed by atoms with Gasteiger partial charge in [-0.1, -0.05) is 5.92 Å². The minimum atomic E-state index is -3.03. The van der Waals surface area contributed by atoms with Crippen LogP contribution in [-0.2, 0) is 33.3 Å². The molecule has 0 aliphatic carbocycles. The number of rotatable bonds is 18. The van der Waals surface area contributed by atoms with Gasteiger partial charge in [-0.2, -0.15) is 0 Å². The first kappa shape index (κ1) is 33.8. The fourth-order valence-electron chi connectivity index (χ4n) is 3.67. The molecule has 13 nitrogen and oxygen atoms in total. The molecule has 15 heteroatoms. The Morgan fingerprint density at radius 2 is 1.85 bits per heavy atom. The summed E-state index contributed by atoms with van der Waals surface area (Å²) in [5.41, 5.74) is 4.95. The van der Waals surface area contributed by atoms with Crippen molar-refractivity contribution in [3.63, 3.8) is 0 Å². The van der Waals surface area contributed by atoms with Gasteiger partial charge in [0.2, 0.25) is 18.1 Å². The summed E-state index contributed by atoms with van der Waals surface area (Å²) < 4.78 is 53.8. The van der Waals surface area contributed by atoms with Crippen molar-refractivity contribution in [1.82, 2.24) is 5.32 Å². The number of ether oxygens (including phenoxy) is 5. The van der Waals surface area contributed by atoms with Crippen LogP contribution in [0.4, 0.5) is 14.5 Å². The number of halogens is 2. The quantitative estimate of drug-likeness (QED) is 0.118. The number of carboxylic acids is 1. The van der Waals surface area contributed by atoms with Gasteiger partial charge in [0.25, 0.3) is 6.43 Å². The van der Waals surface area contributed by atoms with E-state index in [1.165, 1.54) is 6.07 Å². The molecule has 0 spiro atoms. The van der Waals surface area contributed by atoms with Gasteiger partial charge in [-0.3, -0.25) is 9.59 Å². The molecule has 0 aromatic heterocycles. The highest BCUT2D eigenvalue weighted by molar-refractivity contribution is 5.97. The van der Waals surface area contributed by atoms with Crippen molar-refractivity contribution in [2.24, 2.45) is 5.73 Å². The highest BCUT2D eigenvalue weighted by Gasteiger charge is 2.34. The number of nitrogens with one attached hydrogen (secondary N) is 2. The van der Waals surface area contributed by atoms with Crippen LogP contribution in [0.2, 0.25) is 0 Å². The molecular weight excluding hydrogens is 552 g/mol. The SMILES string of the molecule is C#CCOCCOCCOCC(=O)NC(CCN)C(=O)Nc1ccc(OC2CC(O)CC(C(=O)O)O2)c(C(F)F)c1. The average Bonchev–Trinajstić information content (AvgIpc) is 2.92. The van der Waals surface area contributed by atoms with Crippen molar-refractivity contribution < 1.29 is 57.1 Å². The Bertz CT molecular complexity index is 1040. The zero-order valence-electron chi connectivity index (χ0n) is 22.3. The third-order valence-electron chi connectivity index (χ3n) is 5.58. The van der Waals surface area contributed by atoms with Crippen molar-refractivity contribution in [2.75, 3.05) is 51.5 Å². The topological polar surface area (TPSA) is 188 Å². The zero-order chi connectivity index (χ0) is 30.2. The van der Waals surface area contributed by atoms with Gasteiger partial charge in [0, 0.05) is 18.5 Å². The summed E-state index contributed by atoms with van der Waals surface area (Å²) >= 11 is 0. The Morgan fingerprint density at radius 3 is 2.51 bits per heavy atom. The second kappa shape index (κ2) is 18.1. The van der Waals surface area contributed by atoms with Gasteiger partial charge in [-0.15, -0.1) is 6.42 Å². The third kappa shape index (κ3) is 12.3. The summed E-state index contributed by atoms with van der Waals surface area (Å²) in [6.07, 6.45) is -1.87. The summed E-state index contributed by atoms with van der Waals surface area (Å²) in [5.74, 6) is -0.601. The molecule has 41 heavy (non-hydrogen) atoms. The number of carbonyl (C=O) groups excluding carboxylic acids is 2. The largest absolute Gasteiger partial charge is 0.479 e. The molecule has 1 fully saturated rings.